The maximum absolute atomic E-state index is 12.7. The van der Waals surface area contributed by atoms with Crippen LogP contribution in [0.25, 0.3) is 0 Å². The van der Waals surface area contributed by atoms with E-state index in [-0.39, 0.29) is 4.90 Å². The first-order valence-corrected chi connectivity index (χ1v) is 4.90. The van der Waals surface area contributed by atoms with Crippen LogP contribution in [0.2, 0.25) is 0 Å². The number of methoxy groups -OCH3 is 1. The van der Waals surface area contributed by atoms with Gasteiger partial charge in [0.25, 0.3) is 0 Å². The van der Waals surface area contributed by atoms with E-state index in [4.69, 9.17) is 4.74 Å². The van der Waals surface area contributed by atoms with Gasteiger partial charge in [0.05, 0.1) is 0 Å². The molecule has 0 saturated heterocycles. The molecule has 0 radical (unpaired) electrons. The van der Waals surface area contributed by atoms with E-state index in [2.05, 4.69) is 0 Å². The van der Waals surface area contributed by atoms with Gasteiger partial charge >= 0.3 is 75.5 Å². The van der Waals surface area contributed by atoms with Crippen LogP contribution in [0, 0.1) is 0 Å². The van der Waals surface area contributed by atoms with Crippen molar-refractivity contribution in [3.05, 3.63) is 24.3 Å². The van der Waals surface area contributed by atoms with Crippen LogP contribution in [0.15, 0.2) is 29.2 Å². The summed E-state index contributed by atoms with van der Waals surface area (Å²) in [6.07, 6.45) is -0.547. The molecule has 6 heteroatoms. The molecule has 0 amide bonds. The molecule has 13 heavy (non-hydrogen) atoms. The fourth-order valence-electron chi connectivity index (χ4n) is 0.809. The normalized spacial score (nSPS) is 10.8. The summed E-state index contributed by atoms with van der Waals surface area (Å²) in [4.78, 5) is -0.309. The molecule has 0 aliphatic rings. The van der Waals surface area contributed by atoms with Gasteiger partial charge in [0.2, 0.25) is 0 Å². The minimum atomic E-state index is -4.37. The molecule has 1 rings (SSSR count). The molecule has 1 aromatic carbocycles. The van der Waals surface area contributed by atoms with Gasteiger partial charge in [-0.1, -0.05) is 0 Å². The fourth-order valence-corrected chi connectivity index (χ4v) is 1.41. The van der Waals surface area contributed by atoms with Crippen molar-refractivity contribution in [2.24, 2.45) is 0 Å². The summed E-state index contributed by atoms with van der Waals surface area (Å²) in [6.45, 7) is 0. The summed E-state index contributed by atoms with van der Waals surface area (Å²) in [5.41, 5.74) is 0. The molecule has 0 spiro atoms. The van der Waals surface area contributed by atoms with Gasteiger partial charge in [-0.15, -0.1) is 0 Å². The number of hydrogen-bond donors (Lipinski definition) is 0. The Hall–Kier alpha value is -0.775. The van der Waals surface area contributed by atoms with Crippen molar-refractivity contribution in [2.45, 2.75) is 4.90 Å². The Balaban J connectivity index is 3.06. The van der Waals surface area contributed by atoms with Crippen LogP contribution in [-0.2, 0) is 10.2 Å². The second kappa shape index (κ2) is 3.96. The van der Waals surface area contributed by atoms with Gasteiger partial charge in [-0.25, -0.2) is 0 Å². The third-order valence-electron chi connectivity index (χ3n) is 1.49. The predicted octanol–water partition coefficient (Wildman–Crippen LogP) is 2.48. The molecular formula is C7H7BF3OS+. The van der Waals surface area contributed by atoms with Crippen LogP contribution in [0.1, 0.15) is 0 Å². The topological polar surface area (TPSA) is 9.23 Å². The van der Waals surface area contributed by atoms with Gasteiger partial charge in [-0.05, 0) is 0 Å². The van der Waals surface area contributed by atoms with Crippen molar-refractivity contribution in [2.75, 3.05) is 7.11 Å². The fraction of sp³-hybridized carbons (Fsp3) is 0.143. The van der Waals surface area contributed by atoms with E-state index in [9.17, 15) is 12.1 Å². The Morgan fingerprint density at radius 1 is 1.23 bits per heavy atom. The molecule has 0 aliphatic carbocycles. The SMILES string of the molecule is COc1ccc([S+](F)(F)=BF)cc1. The standard InChI is InChI=1S/C7H7BF3OS/c1-12-6-2-4-7(5-3-6)13(10,11)8-9/h2-5H,1H3/q+1. The number of benzene rings is 1. The van der Waals surface area contributed by atoms with E-state index >= 15 is 0 Å². The van der Waals surface area contributed by atoms with Crippen molar-refractivity contribution in [1.82, 2.24) is 0 Å². The number of halogens is 3. The molecule has 0 bridgehead atoms. The zero-order valence-electron chi connectivity index (χ0n) is 6.84. The number of rotatable bonds is 2. The third-order valence-corrected chi connectivity index (χ3v) is 2.61. The van der Waals surface area contributed by atoms with Gasteiger partial charge in [-0.2, -0.15) is 0 Å². The van der Waals surface area contributed by atoms with Crippen LogP contribution in [0.4, 0.5) is 12.1 Å². The molecule has 0 N–H and O–H groups in total. The summed E-state index contributed by atoms with van der Waals surface area (Å²) in [5.74, 6) is 0.470. The Bertz CT molecular complexity index is 332. The van der Waals surface area contributed by atoms with Crippen molar-refractivity contribution < 1.29 is 16.8 Å². The second-order valence-electron chi connectivity index (χ2n) is 2.27. The first kappa shape index (κ1) is 10.3. The first-order chi connectivity index (χ1) is 6.10. The molecular weight excluding hydrogens is 200 g/mol. The average Bonchev–Trinajstić information content (AvgIpc) is 2.18. The zero-order chi connectivity index (χ0) is 9.90. The Morgan fingerprint density at radius 3 is 2.15 bits per heavy atom. The molecule has 0 heterocycles. The van der Waals surface area contributed by atoms with E-state index in [1.54, 1.807) is 0 Å². The van der Waals surface area contributed by atoms with Crippen molar-refractivity contribution in [1.29, 1.82) is 0 Å². The molecule has 70 valence electrons. The minimum absolute atomic E-state index is 0.309. The van der Waals surface area contributed by atoms with E-state index in [1.165, 1.54) is 19.2 Å². The van der Waals surface area contributed by atoms with E-state index < -0.39 is 16.7 Å². The molecule has 0 aromatic heterocycles. The summed E-state index contributed by atoms with van der Waals surface area (Å²) in [6, 6.07) is 5.06. The monoisotopic (exact) mass is 207 g/mol. The van der Waals surface area contributed by atoms with Gasteiger partial charge < -0.3 is 0 Å². The molecule has 1 aromatic rings. The summed E-state index contributed by atoms with van der Waals surface area (Å²) in [5, 5.41) is 0. The summed E-state index contributed by atoms with van der Waals surface area (Å²) < 4.78 is 42.0. The van der Waals surface area contributed by atoms with Crippen LogP contribution in [-0.4, -0.2) is 13.5 Å². The van der Waals surface area contributed by atoms with E-state index in [0.717, 1.165) is 12.1 Å². The van der Waals surface area contributed by atoms with Gasteiger partial charge in [-0.3, -0.25) is 0 Å². The maximum atomic E-state index is 12.7. The quantitative estimate of drug-likeness (QED) is 0.534. The van der Waals surface area contributed by atoms with Gasteiger partial charge in [0.15, 0.2) is 0 Å². The Morgan fingerprint density at radius 2 is 1.77 bits per heavy atom. The Labute approximate surface area is 76.2 Å². The molecule has 1 nitrogen and oxygen atoms in total. The van der Waals surface area contributed by atoms with Crippen molar-refractivity contribution in [3.63, 3.8) is 0 Å². The third kappa shape index (κ3) is 2.34. The number of hydrogen-bond acceptors (Lipinski definition) is 1. The molecule has 0 unspecified atom stereocenters. The van der Waals surface area contributed by atoms with Crippen LogP contribution in [0.3, 0.4) is 0 Å². The summed E-state index contributed by atoms with van der Waals surface area (Å²) >= 11 is 0. The van der Waals surface area contributed by atoms with E-state index in [0.29, 0.717) is 5.75 Å². The van der Waals surface area contributed by atoms with Crippen LogP contribution < -0.4 is 4.74 Å². The predicted molar refractivity (Wildman–Crippen MR) is 47.7 cm³/mol. The molecule has 0 atom stereocenters. The summed E-state index contributed by atoms with van der Waals surface area (Å²) in [7, 11) is -2.94. The zero-order valence-corrected chi connectivity index (χ0v) is 7.65. The Kier molecular flexibility index (Phi) is 3.14. The molecule has 0 saturated carbocycles. The van der Waals surface area contributed by atoms with Gasteiger partial charge in [0, 0.05) is 0 Å². The van der Waals surface area contributed by atoms with E-state index in [1.807, 2.05) is 0 Å². The molecule has 0 fully saturated rings. The van der Waals surface area contributed by atoms with Crippen molar-refractivity contribution >= 4 is 16.7 Å². The second-order valence-corrected chi connectivity index (χ2v) is 3.94. The number of ether oxygens (including phenoxy) is 1. The molecule has 0 aliphatic heterocycles. The first-order valence-electron chi connectivity index (χ1n) is 3.40. The van der Waals surface area contributed by atoms with Crippen LogP contribution >= 0.6 is 0 Å². The average molecular weight is 207 g/mol. The van der Waals surface area contributed by atoms with Crippen molar-refractivity contribution in [3.8, 4) is 5.75 Å². The van der Waals surface area contributed by atoms with Crippen LogP contribution in [0.5, 0.6) is 5.75 Å². The van der Waals surface area contributed by atoms with Gasteiger partial charge in [0.1, 0.15) is 0 Å².